The maximum absolute atomic E-state index is 9.21. The van der Waals surface area contributed by atoms with Crippen LogP contribution >= 0.6 is 0 Å². The van der Waals surface area contributed by atoms with E-state index >= 15 is 0 Å². The van der Waals surface area contributed by atoms with Crippen LogP contribution in [0.4, 0.5) is 5.82 Å². The number of aromatic nitrogens is 1. The number of methoxy groups -OCH3 is 2. The van der Waals surface area contributed by atoms with Gasteiger partial charge in [0.1, 0.15) is 28.9 Å². The third-order valence-corrected chi connectivity index (χ3v) is 2.79. The molecule has 2 aromatic rings. The molecule has 0 amide bonds. The lowest BCUT2D eigenvalue weighted by Gasteiger charge is -2.12. The Balaban J connectivity index is 2.71. The number of rotatable bonds is 3. The first-order valence-electron chi connectivity index (χ1n) is 5.58. The van der Waals surface area contributed by atoms with Gasteiger partial charge in [0.25, 0.3) is 0 Å². The predicted molar refractivity (Wildman–Crippen MR) is 71.9 cm³/mol. The van der Waals surface area contributed by atoms with E-state index in [1.165, 1.54) is 0 Å². The zero-order valence-electron chi connectivity index (χ0n) is 10.7. The standard InChI is InChI=1S/C14H13N3O2/c1-18-9-3-4-13(19-2)11(7-9)10-5-6-17-14(16)12(10)8-15/h3-7H,1-2H3,(H2,16,17). The Labute approximate surface area is 111 Å². The zero-order valence-corrected chi connectivity index (χ0v) is 10.7. The van der Waals surface area contributed by atoms with Gasteiger partial charge < -0.3 is 15.2 Å². The van der Waals surface area contributed by atoms with Gasteiger partial charge in [-0.05, 0) is 24.3 Å². The molecule has 0 spiro atoms. The Bertz CT molecular complexity index is 648. The second-order valence-electron chi connectivity index (χ2n) is 3.80. The number of nitrogen functional groups attached to an aromatic ring is 1. The molecular weight excluding hydrogens is 242 g/mol. The summed E-state index contributed by atoms with van der Waals surface area (Å²) in [5.41, 5.74) is 7.47. The van der Waals surface area contributed by atoms with E-state index in [-0.39, 0.29) is 5.82 Å². The average Bonchev–Trinajstić information content (AvgIpc) is 2.46. The van der Waals surface area contributed by atoms with Crippen LogP contribution in [0.3, 0.4) is 0 Å². The number of nitriles is 1. The highest BCUT2D eigenvalue weighted by molar-refractivity contribution is 5.79. The molecule has 2 rings (SSSR count). The topological polar surface area (TPSA) is 81.2 Å². The van der Waals surface area contributed by atoms with Crippen molar-refractivity contribution in [2.45, 2.75) is 0 Å². The van der Waals surface area contributed by atoms with Gasteiger partial charge in [-0.3, -0.25) is 0 Å². The molecule has 1 aromatic heterocycles. The zero-order chi connectivity index (χ0) is 13.8. The van der Waals surface area contributed by atoms with Crippen LogP contribution in [-0.2, 0) is 0 Å². The number of hydrogen-bond donors (Lipinski definition) is 1. The maximum Gasteiger partial charge on any atom is 0.141 e. The molecule has 5 nitrogen and oxygen atoms in total. The smallest absolute Gasteiger partial charge is 0.141 e. The van der Waals surface area contributed by atoms with Crippen molar-refractivity contribution < 1.29 is 9.47 Å². The van der Waals surface area contributed by atoms with Crippen LogP contribution < -0.4 is 15.2 Å². The van der Waals surface area contributed by atoms with Crippen molar-refractivity contribution in [3.63, 3.8) is 0 Å². The van der Waals surface area contributed by atoms with E-state index in [2.05, 4.69) is 11.1 Å². The Morgan fingerprint density at radius 1 is 1.16 bits per heavy atom. The predicted octanol–water partition coefficient (Wildman–Crippen LogP) is 2.22. The highest BCUT2D eigenvalue weighted by Crippen LogP contribution is 2.36. The Kier molecular flexibility index (Phi) is 3.53. The van der Waals surface area contributed by atoms with E-state index < -0.39 is 0 Å². The third-order valence-electron chi connectivity index (χ3n) is 2.79. The van der Waals surface area contributed by atoms with Gasteiger partial charge >= 0.3 is 0 Å². The molecule has 1 heterocycles. The average molecular weight is 255 g/mol. The van der Waals surface area contributed by atoms with Crippen LogP contribution in [0.25, 0.3) is 11.1 Å². The summed E-state index contributed by atoms with van der Waals surface area (Å²) in [7, 11) is 3.15. The Morgan fingerprint density at radius 3 is 2.58 bits per heavy atom. The number of benzene rings is 1. The van der Waals surface area contributed by atoms with Crippen LogP contribution in [0.5, 0.6) is 11.5 Å². The van der Waals surface area contributed by atoms with Crippen LogP contribution in [0.15, 0.2) is 30.5 Å². The van der Waals surface area contributed by atoms with Crippen molar-refractivity contribution in [3.8, 4) is 28.7 Å². The monoisotopic (exact) mass is 255 g/mol. The molecule has 5 heteroatoms. The third kappa shape index (κ3) is 2.29. The molecule has 1 aromatic carbocycles. The number of anilines is 1. The molecule has 0 saturated heterocycles. The van der Waals surface area contributed by atoms with E-state index in [0.29, 0.717) is 22.6 Å². The summed E-state index contributed by atoms with van der Waals surface area (Å²) in [5.74, 6) is 1.52. The van der Waals surface area contributed by atoms with Crippen LogP contribution in [-0.4, -0.2) is 19.2 Å². The minimum absolute atomic E-state index is 0.199. The molecular formula is C14H13N3O2. The van der Waals surface area contributed by atoms with Gasteiger partial charge in [0.15, 0.2) is 0 Å². The van der Waals surface area contributed by atoms with E-state index in [0.717, 1.165) is 5.56 Å². The molecule has 0 bridgehead atoms. The number of hydrogen-bond acceptors (Lipinski definition) is 5. The summed E-state index contributed by atoms with van der Waals surface area (Å²) in [6.07, 6.45) is 1.56. The molecule has 0 aliphatic rings. The van der Waals surface area contributed by atoms with E-state index in [1.54, 1.807) is 44.7 Å². The lowest BCUT2D eigenvalue weighted by atomic mass is 10.0. The van der Waals surface area contributed by atoms with Gasteiger partial charge in [-0.1, -0.05) is 0 Å². The van der Waals surface area contributed by atoms with Crippen molar-refractivity contribution in [1.82, 2.24) is 4.98 Å². The lowest BCUT2D eigenvalue weighted by Crippen LogP contribution is -1.98. The van der Waals surface area contributed by atoms with Crippen molar-refractivity contribution >= 4 is 5.82 Å². The molecule has 2 N–H and O–H groups in total. The van der Waals surface area contributed by atoms with Gasteiger partial charge in [-0.2, -0.15) is 5.26 Å². The molecule has 0 fully saturated rings. The normalized spacial score (nSPS) is 9.74. The van der Waals surface area contributed by atoms with Crippen LogP contribution in [0, 0.1) is 11.3 Å². The van der Waals surface area contributed by atoms with Crippen molar-refractivity contribution in [3.05, 3.63) is 36.0 Å². The van der Waals surface area contributed by atoms with Gasteiger partial charge in [0, 0.05) is 17.3 Å². The molecule has 96 valence electrons. The number of ether oxygens (including phenoxy) is 2. The summed E-state index contributed by atoms with van der Waals surface area (Å²) in [6.45, 7) is 0. The van der Waals surface area contributed by atoms with E-state index in [1.807, 2.05) is 0 Å². The Morgan fingerprint density at radius 2 is 1.95 bits per heavy atom. The van der Waals surface area contributed by atoms with Crippen molar-refractivity contribution in [2.24, 2.45) is 0 Å². The molecule has 0 aliphatic heterocycles. The molecule has 0 saturated carbocycles. The number of nitrogens with two attached hydrogens (primary N) is 1. The van der Waals surface area contributed by atoms with Gasteiger partial charge in [0.05, 0.1) is 14.2 Å². The number of pyridine rings is 1. The minimum atomic E-state index is 0.199. The largest absolute Gasteiger partial charge is 0.497 e. The highest BCUT2D eigenvalue weighted by atomic mass is 16.5. The number of nitrogens with zero attached hydrogens (tertiary/aromatic N) is 2. The Hall–Kier alpha value is -2.74. The highest BCUT2D eigenvalue weighted by Gasteiger charge is 2.14. The van der Waals surface area contributed by atoms with Gasteiger partial charge in [0.2, 0.25) is 0 Å². The van der Waals surface area contributed by atoms with E-state index in [9.17, 15) is 5.26 Å². The summed E-state index contributed by atoms with van der Waals surface area (Å²) in [4.78, 5) is 3.92. The van der Waals surface area contributed by atoms with Crippen LogP contribution in [0.2, 0.25) is 0 Å². The second kappa shape index (κ2) is 5.27. The van der Waals surface area contributed by atoms with E-state index in [4.69, 9.17) is 15.2 Å². The van der Waals surface area contributed by atoms with Crippen molar-refractivity contribution in [2.75, 3.05) is 20.0 Å². The summed E-state index contributed by atoms with van der Waals surface area (Å²) < 4.78 is 10.5. The van der Waals surface area contributed by atoms with Crippen LogP contribution in [0.1, 0.15) is 5.56 Å². The fraction of sp³-hybridized carbons (Fsp3) is 0.143. The van der Waals surface area contributed by atoms with Gasteiger partial charge in [-0.25, -0.2) is 4.98 Å². The first-order chi connectivity index (χ1) is 9.21. The molecule has 0 radical (unpaired) electrons. The quantitative estimate of drug-likeness (QED) is 0.909. The van der Waals surface area contributed by atoms with Crippen molar-refractivity contribution in [1.29, 1.82) is 5.26 Å². The molecule has 0 unspecified atom stereocenters. The molecule has 0 atom stereocenters. The summed E-state index contributed by atoms with van der Waals surface area (Å²) >= 11 is 0. The first kappa shape index (κ1) is 12.7. The summed E-state index contributed by atoms with van der Waals surface area (Å²) in [5, 5.41) is 9.21. The molecule has 0 aliphatic carbocycles. The first-order valence-corrected chi connectivity index (χ1v) is 5.58. The lowest BCUT2D eigenvalue weighted by molar-refractivity contribution is 0.404. The maximum atomic E-state index is 9.21. The fourth-order valence-corrected chi connectivity index (χ4v) is 1.84. The van der Waals surface area contributed by atoms with Gasteiger partial charge in [-0.15, -0.1) is 0 Å². The fourth-order valence-electron chi connectivity index (χ4n) is 1.84. The second-order valence-corrected chi connectivity index (χ2v) is 3.80. The SMILES string of the molecule is COc1ccc(OC)c(-c2ccnc(N)c2C#N)c1. The summed E-state index contributed by atoms with van der Waals surface area (Å²) in [6, 6.07) is 9.17. The molecule has 19 heavy (non-hydrogen) atoms. The minimum Gasteiger partial charge on any atom is -0.497 e.